The predicted molar refractivity (Wildman–Crippen MR) is 102 cm³/mol. The summed E-state index contributed by atoms with van der Waals surface area (Å²) in [4.78, 5) is 23.6. The van der Waals surface area contributed by atoms with Crippen molar-refractivity contribution in [3.8, 4) is 5.69 Å². The molecule has 2 N–H and O–H groups in total. The van der Waals surface area contributed by atoms with Gasteiger partial charge in [-0.3, -0.25) is 4.79 Å². The maximum Gasteiger partial charge on any atom is 0.418 e. The monoisotopic (exact) mass is 402 g/mol. The number of amides is 1. The van der Waals surface area contributed by atoms with Crippen molar-refractivity contribution in [2.75, 3.05) is 5.32 Å². The Kier molecular flexibility index (Phi) is 5.19. The summed E-state index contributed by atoms with van der Waals surface area (Å²) in [5.41, 5.74) is 0.662. The zero-order valence-corrected chi connectivity index (χ0v) is 15.5. The standard InChI is InChI=1S/C21H17F3N2O3/c1-12-11-16(19(27)25-15-9-7-14(8-10-15)20(28)29)13(2)26(12)18-6-4-3-5-17(18)21(22,23)24/h3-11H,1-2H3,(H,25,27)(H,28,29). The fourth-order valence-electron chi connectivity index (χ4n) is 3.17. The number of carbonyl (C=O) groups excluding carboxylic acids is 1. The zero-order valence-electron chi connectivity index (χ0n) is 15.5. The quantitative estimate of drug-likeness (QED) is 0.641. The van der Waals surface area contributed by atoms with Crippen LogP contribution in [-0.4, -0.2) is 21.6 Å². The molecule has 150 valence electrons. The van der Waals surface area contributed by atoms with Gasteiger partial charge in [-0.25, -0.2) is 4.79 Å². The van der Waals surface area contributed by atoms with Crippen LogP contribution in [0.5, 0.6) is 0 Å². The highest BCUT2D eigenvalue weighted by Crippen LogP contribution is 2.35. The van der Waals surface area contributed by atoms with E-state index in [1.165, 1.54) is 53.1 Å². The number of para-hydroxylation sites is 1. The first-order chi connectivity index (χ1) is 13.6. The highest BCUT2D eigenvalue weighted by molar-refractivity contribution is 6.05. The number of carboxylic acid groups (broad SMARTS) is 1. The Morgan fingerprint density at radius 2 is 1.62 bits per heavy atom. The highest BCUT2D eigenvalue weighted by Gasteiger charge is 2.34. The molecule has 0 saturated carbocycles. The maximum atomic E-state index is 13.4. The first-order valence-electron chi connectivity index (χ1n) is 8.60. The summed E-state index contributed by atoms with van der Waals surface area (Å²) in [6.07, 6.45) is -4.53. The van der Waals surface area contributed by atoms with Crippen molar-refractivity contribution in [3.05, 3.63) is 82.7 Å². The maximum absolute atomic E-state index is 13.4. The van der Waals surface area contributed by atoms with Crippen LogP contribution in [0.1, 0.15) is 37.7 Å². The van der Waals surface area contributed by atoms with Crippen LogP contribution < -0.4 is 5.32 Å². The number of anilines is 1. The lowest BCUT2D eigenvalue weighted by Gasteiger charge is -2.16. The Labute approximate surface area is 164 Å². The van der Waals surface area contributed by atoms with Gasteiger partial charge in [-0.05, 0) is 56.3 Å². The summed E-state index contributed by atoms with van der Waals surface area (Å²) in [6, 6.07) is 12.3. The average molecular weight is 402 g/mol. The van der Waals surface area contributed by atoms with Crippen LogP contribution in [0.15, 0.2) is 54.6 Å². The molecular formula is C21H17F3N2O3. The molecule has 0 aliphatic rings. The van der Waals surface area contributed by atoms with E-state index < -0.39 is 23.6 Å². The van der Waals surface area contributed by atoms with Crippen LogP contribution in [0.4, 0.5) is 18.9 Å². The third kappa shape index (κ3) is 4.01. The second-order valence-corrected chi connectivity index (χ2v) is 6.47. The third-order valence-electron chi connectivity index (χ3n) is 4.52. The highest BCUT2D eigenvalue weighted by atomic mass is 19.4. The van der Waals surface area contributed by atoms with Gasteiger partial charge in [0.25, 0.3) is 5.91 Å². The predicted octanol–water partition coefficient (Wildman–Crippen LogP) is 5.06. The van der Waals surface area contributed by atoms with E-state index in [1.54, 1.807) is 13.8 Å². The number of hydrogen-bond donors (Lipinski definition) is 2. The van der Waals surface area contributed by atoms with Gasteiger partial charge in [-0.2, -0.15) is 13.2 Å². The molecule has 0 aliphatic carbocycles. The van der Waals surface area contributed by atoms with Gasteiger partial charge >= 0.3 is 12.1 Å². The molecule has 0 unspecified atom stereocenters. The van der Waals surface area contributed by atoms with E-state index in [1.807, 2.05) is 0 Å². The van der Waals surface area contributed by atoms with E-state index in [9.17, 15) is 22.8 Å². The van der Waals surface area contributed by atoms with Crippen molar-refractivity contribution in [2.24, 2.45) is 0 Å². The van der Waals surface area contributed by atoms with E-state index in [0.29, 0.717) is 17.1 Å². The van der Waals surface area contributed by atoms with Crippen LogP contribution in [0.3, 0.4) is 0 Å². The summed E-state index contributed by atoms with van der Waals surface area (Å²) in [5, 5.41) is 11.6. The molecule has 29 heavy (non-hydrogen) atoms. The van der Waals surface area contributed by atoms with E-state index in [-0.39, 0.29) is 16.8 Å². The minimum atomic E-state index is -4.53. The van der Waals surface area contributed by atoms with E-state index in [0.717, 1.165) is 6.07 Å². The number of alkyl halides is 3. The first kappa shape index (κ1) is 20.2. The van der Waals surface area contributed by atoms with Gasteiger partial charge in [-0.1, -0.05) is 12.1 Å². The van der Waals surface area contributed by atoms with Gasteiger partial charge in [0, 0.05) is 17.1 Å². The number of halogens is 3. The summed E-state index contributed by atoms with van der Waals surface area (Å²) in [5.74, 6) is -1.59. The molecule has 0 saturated heterocycles. The normalized spacial score (nSPS) is 11.3. The van der Waals surface area contributed by atoms with Crippen molar-refractivity contribution in [2.45, 2.75) is 20.0 Å². The number of nitrogens with zero attached hydrogens (tertiary/aromatic N) is 1. The molecule has 0 spiro atoms. The van der Waals surface area contributed by atoms with Crippen LogP contribution in [0.2, 0.25) is 0 Å². The molecule has 1 aromatic heterocycles. The molecule has 0 bridgehead atoms. The summed E-state index contributed by atoms with van der Waals surface area (Å²) >= 11 is 0. The first-order valence-corrected chi connectivity index (χ1v) is 8.60. The number of carbonyl (C=O) groups is 2. The molecular weight excluding hydrogens is 385 g/mol. The Balaban J connectivity index is 1.96. The third-order valence-corrected chi connectivity index (χ3v) is 4.52. The summed E-state index contributed by atoms with van der Waals surface area (Å²) in [6.45, 7) is 3.20. The number of rotatable bonds is 4. The van der Waals surface area contributed by atoms with Gasteiger partial charge in [0.1, 0.15) is 0 Å². The van der Waals surface area contributed by atoms with Crippen LogP contribution in [-0.2, 0) is 6.18 Å². The molecule has 0 radical (unpaired) electrons. The molecule has 2 aromatic carbocycles. The topological polar surface area (TPSA) is 71.3 Å². The Hall–Kier alpha value is -3.55. The van der Waals surface area contributed by atoms with Crippen molar-refractivity contribution in [3.63, 3.8) is 0 Å². The lowest BCUT2D eigenvalue weighted by atomic mass is 10.1. The Bertz CT molecular complexity index is 1080. The Morgan fingerprint density at radius 3 is 2.21 bits per heavy atom. The molecule has 0 aliphatic heterocycles. The van der Waals surface area contributed by atoms with Crippen molar-refractivity contribution in [1.29, 1.82) is 0 Å². The van der Waals surface area contributed by atoms with Crippen molar-refractivity contribution >= 4 is 17.6 Å². The van der Waals surface area contributed by atoms with Gasteiger partial charge in [0.2, 0.25) is 0 Å². The van der Waals surface area contributed by atoms with Crippen LogP contribution in [0, 0.1) is 13.8 Å². The fraction of sp³-hybridized carbons (Fsp3) is 0.143. The Morgan fingerprint density at radius 1 is 1.00 bits per heavy atom. The number of aromatic carboxylic acids is 1. The molecule has 1 heterocycles. The number of benzene rings is 2. The van der Waals surface area contributed by atoms with Crippen molar-refractivity contribution in [1.82, 2.24) is 4.57 Å². The molecule has 0 atom stereocenters. The molecule has 3 aromatic rings. The minimum Gasteiger partial charge on any atom is -0.478 e. The summed E-state index contributed by atoms with van der Waals surface area (Å²) in [7, 11) is 0. The number of aryl methyl sites for hydroxylation is 1. The number of nitrogens with one attached hydrogen (secondary N) is 1. The lowest BCUT2D eigenvalue weighted by Crippen LogP contribution is -2.15. The van der Waals surface area contributed by atoms with E-state index >= 15 is 0 Å². The fourth-order valence-corrected chi connectivity index (χ4v) is 3.17. The van der Waals surface area contributed by atoms with Gasteiger partial charge in [0.05, 0.1) is 22.4 Å². The van der Waals surface area contributed by atoms with Gasteiger partial charge in [-0.15, -0.1) is 0 Å². The average Bonchev–Trinajstić information content (AvgIpc) is 2.95. The SMILES string of the molecule is Cc1cc(C(=O)Nc2ccc(C(=O)O)cc2)c(C)n1-c1ccccc1C(F)(F)F. The second-order valence-electron chi connectivity index (χ2n) is 6.47. The largest absolute Gasteiger partial charge is 0.478 e. The summed E-state index contributed by atoms with van der Waals surface area (Å²) < 4.78 is 41.6. The van der Waals surface area contributed by atoms with E-state index in [2.05, 4.69) is 5.32 Å². The molecule has 8 heteroatoms. The number of aromatic nitrogens is 1. The molecule has 0 fully saturated rings. The number of carboxylic acids is 1. The number of hydrogen-bond acceptors (Lipinski definition) is 2. The zero-order chi connectivity index (χ0) is 21.3. The second kappa shape index (κ2) is 7.46. The minimum absolute atomic E-state index is 0.0557. The molecule has 3 rings (SSSR count). The van der Waals surface area contributed by atoms with Gasteiger partial charge in [0.15, 0.2) is 0 Å². The van der Waals surface area contributed by atoms with Crippen LogP contribution in [0.25, 0.3) is 5.69 Å². The molecule has 5 nitrogen and oxygen atoms in total. The lowest BCUT2D eigenvalue weighted by molar-refractivity contribution is -0.137. The van der Waals surface area contributed by atoms with Crippen molar-refractivity contribution < 1.29 is 27.9 Å². The molecule has 1 amide bonds. The van der Waals surface area contributed by atoms with Crippen LogP contribution >= 0.6 is 0 Å². The smallest absolute Gasteiger partial charge is 0.418 e. The van der Waals surface area contributed by atoms with E-state index in [4.69, 9.17) is 5.11 Å². The van der Waals surface area contributed by atoms with Gasteiger partial charge < -0.3 is 15.0 Å².